The molecule has 1 aliphatic heterocycles. The molecule has 2 aliphatic rings. The van der Waals surface area contributed by atoms with Crippen LogP contribution in [-0.2, 0) is 18.3 Å². The molecule has 1 aromatic heterocycles. The Balaban J connectivity index is 1.63. The maximum atomic E-state index is 5.80. The molecule has 4 nitrogen and oxygen atoms in total. The predicted octanol–water partition coefficient (Wildman–Crippen LogP) is 1.03. The second-order valence-electron chi connectivity index (χ2n) is 5.00. The maximum absolute atomic E-state index is 5.80. The smallest absolute Gasteiger partial charge is 0.0949 e. The molecule has 1 saturated carbocycles. The summed E-state index contributed by atoms with van der Waals surface area (Å²) in [5.74, 6) is 1.32. The minimum absolute atomic E-state index is 0.468. The third kappa shape index (κ3) is 1.99. The second-order valence-corrected chi connectivity index (χ2v) is 5.00. The van der Waals surface area contributed by atoms with Crippen LogP contribution in [0, 0.1) is 5.92 Å². The fourth-order valence-electron chi connectivity index (χ4n) is 2.41. The first-order chi connectivity index (χ1) is 7.84. The first-order valence-corrected chi connectivity index (χ1v) is 6.13. The topological polar surface area (TPSA) is 39.1 Å². The van der Waals surface area contributed by atoms with E-state index in [1.54, 1.807) is 0 Å². The van der Waals surface area contributed by atoms with Gasteiger partial charge in [0, 0.05) is 38.4 Å². The van der Waals surface area contributed by atoms with Gasteiger partial charge in [0.25, 0.3) is 0 Å². The highest BCUT2D eigenvalue weighted by molar-refractivity contribution is 5.21. The molecule has 0 aromatic carbocycles. The van der Waals surface area contributed by atoms with E-state index >= 15 is 0 Å². The SMILES string of the molecule is Cn1cnc2c1C(COCC1CC1)CNC2. The average molecular weight is 221 g/mol. The summed E-state index contributed by atoms with van der Waals surface area (Å²) in [5.41, 5.74) is 2.54. The lowest BCUT2D eigenvalue weighted by Gasteiger charge is -2.24. The van der Waals surface area contributed by atoms with E-state index in [0.717, 1.165) is 32.2 Å². The lowest BCUT2D eigenvalue weighted by atomic mass is 10.0. The normalized spacial score (nSPS) is 24.4. The van der Waals surface area contributed by atoms with E-state index in [1.165, 1.54) is 24.2 Å². The molecular weight excluding hydrogens is 202 g/mol. The van der Waals surface area contributed by atoms with Crippen molar-refractivity contribution in [3.8, 4) is 0 Å². The molecule has 3 rings (SSSR count). The van der Waals surface area contributed by atoms with Crippen molar-refractivity contribution < 1.29 is 4.74 Å². The van der Waals surface area contributed by atoms with Crippen LogP contribution in [0.25, 0.3) is 0 Å². The van der Waals surface area contributed by atoms with Gasteiger partial charge in [-0.3, -0.25) is 0 Å². The Labute approximate surface area is 96.0 Å². The number of nitrogens with zero attached hydrogens (tertiary/aromatic N) is 2. The van der Waals surface area contributed by atoms with Crippen LogP contribution in [0.4, 0.5) is 0 Å². The van der Waals surface area contributed by atoms with Crippen LogP contribution in [0.5, 0.6) is 0 Å². The number of rotatable bonds is 4. The summed E-state index contributed by atoms with van der Waals surface area (Å²) in [5, 5.41) is 3.40. The molecule has 0 amide bonds. The number of aromatic nitrogens is 2. The summed E-state index contributed by atoms with van der Waals surface area (Å²) in [6.07, 6.45) is 4.63. The van der Waals surface area contributed by atoms with Gasteiger partial charge >= 0.3 is 0 Å². The van der Waals surface area contributed by atoms with Crippen LogP contribution in [0.3, 0.4) is 0 Å². The van der Waals surface area contributed by atoms with E-state index in [1.807, 2.05) is 6.33 Å². The molecule has 0 saturated heterocycles. The van der Waals surface area contributed by atoms with E-state index in [4.69, 9.17) is 4.74 Å². The van der Waals surface area contributed by atoms with E-state index in [-0.39, 0.29) is 0 Å². The highest BCUT2D eigenvalue weighted by Gasteiger charge is 2.26. The first-order valence-electron chi connectivity index (χ1n) is 6.13. The van der Waals surface area contributed by atoms with Crippen molar-refractivity contribution in [1.82, 2.24) is 14.9 Å². The zero-order valence-corrected chi connectivity index (χ0v) is 9.78. The van der Waals surface area contributed by atoms with Gasteiger partial charge in [-0.15, -0.1) is 0 Å². The Morgan fingerprint density at radius 2 is 2.38 bits per heavy atom. The molecule has 2 heterocycles. The van der Waals surface area contributed by atoms with Crippen LogP contribution in [0.2, 0.25) is 0 Å². The highest BCUT2D eigenvalue weighted by Crippen LogP contribution is 2.30. The Morgan fingerprint density at radius 3 is 3.19 bits per heavy atom. The molecule has 0 radical (unpaired) electrons. The molecule has 0 spiro atoms. The van der Waals surface area contributed by atoms with Crippen molar-refractivity contribution in [3.63, 3.8) is 0 Å². The zero-order chi connectivity index (χ0) is 11.0. The summed E-state index contributed by atoms with van der Waals surface area (Å²) in [6, 6.07) is 0. The molecule has 1 aliphatic carbocycles. The van der Waals surface area contributed by atoms with Gasteiger partial charge in [0.15, 0.2) is 0 Å². The number of imidazole rings is 1. The Morgan fingerprint density at radius 1 is 1.50 bits per heavy atom. The van der Waals surface area contributed by atoms with Crippen molar-refractivity contribution in [2.24, 2.45) is 13.0 Å². The third-order valence-corrected chi connectivity index (χ3v) is 3.50. The Kier molecular flexibility index (Phi) is 2.69. The number of hydrogen-bond donors (Lipinski definition) is 1. The van der Waals surface area contributed by atoms with Gasteiger partial charge in [-0.05, 0) is 18.8 Å². The number of ether oxygens (including phenoxy) is 1. The monoisotopic (exact) mass is 221 g/mol. The fourth-order valence-corrected chi connectivity index (χ4v) is 2.41. The zero-order valence-electron chi connectivity index (χ0n) is 9.78. The van der Waals surface area contributed by atoms with Crippen molar-refractivity contribution in [1.29, 1.82) is 0 Å². The lowest BCUT2D eigenvalue weighted by molar-refractivity contribution is 0.107. The summed E-state index contributed by atoms with van der Waals surface area (Å²) in [6.45, 7) is 3.69. The summed E-state index contributed by atoms with van der Waals surface area (Å²) >= 11 is 0. The molecule has 1 atom stereocenters. The number of hydrogen-bond acceptors (Lipinski definition) is 3. The van der Waals surface area contributed by atoms with Crippen LogP contribution >= 0.6 is 0 Å². The van der Waals surface area contributed by atoms with E-state index < -0.39 is 0 Å². The first kappa shape index (κ1) is 10.3. The summed E-state index contributed by atoms with van der Waals surface area (Å²) in [4.78, 5) is 4.41. The lowest BCUT2D eigenvalue weighted by Crippen LogP contribution is -2.32. The van der Waals surface area contributed by atoms with Crippen LogP contribution in [-0.4, -0.2) is 29.3 Å². The number of aryl methyl sites for hydroxylation is 1. The van der Waals surface area contributed by atoms with Gasteiger partial charge in [-0.2, -0.15) is 0 Å². The predicted molar refractivity (Wildman–Crippen MR) is 61.2 cm³/mol. The van der Waals surface area contributed by atoms with E-state index in [0.29, 0.717) is 5.92 Å². The standard InChI is InChI=1S/C12H19N3O/c1-15-8-14-11-5-13-4-10(12(11)15)7-16-6-9-2-3-9/h8-10,13H,2-7H2,1H3. The largest absolute Gasteiger partial charge is 0.380 e. The van der Waals surface area contributed by atoms with Crippen molar-refractivity contribution in [2.75, 3.05) is 19.8 Å². The fraction of sp³-hybridized carbons (Fsp3) is 0.750. The Hall–Kier alpha value is -0.870. The highest BCUT2D eigenvalue weighted by atomic mass is 16.5. The minimum Gasteiger partial charge on any atom is -0.380 e. The van der Waals surface area contributed by atoms with Crippen LogP contribution < -0.4 is 5.32 Å². The molecule has 0 bridgehead atoms. The summed E-state index contributed by atoms with van der Waals surface area (Å²) in [7, 11) is 2.07. The number of fused-ring (bicyclic) bond motifs is 1. The summed E-state index contributed by atoms with van der Waals surface area (Å²) < 4.78 is 7.94. The number of nitrogens with one attached hydrogen (secondary N) is 1. The van der Waals surface area contributed by atoms with Crippen LogP contribution in [0.1, 0.15) is 30.1 Å². The molecule has 88 valence electrons. The molecule has 1 aromatic rings. The van der Waals surface area contributed by atoms with Crippen molar-refractivity contribution >= 4 is 0 Å². The molecule has 1 N–H and O–H groups in total. The van der Waals surface area contributed by atoms with Gasteiger partial charge in [-0.25, -0.2) is 4.98 Å². The minimum atomic E-state index is 0.468. The quantitative estimate of drug-likeness (QED) is 0.825. The van der Waals surface area contributed by atoms with Gasteiger partial charge in [0.05, 0.1) is 18.6 Å². The second kappa shape index (κ2) is 4.18. The van der Waals surface area contributed by atoms with Gasteiger partial charge < -0.3 is 14.6 Å². The van der Waals surface area contributed by atoms with Gasteiger partial charge in [-0.1, -0.05) is 0 Å². The molecule has 1 unspecified atom stereocenters. The van der Waals surface area contributed by atoms with Gasteiger partial charge in [0.2, 0.25) is 0 Å². The molecule has 1 fully saturated rings. The van der Waals surface area contributed by atoms with E-state index in [2.05, 4.69) is 21.9 Å². The van der Waals surface area contributed by atoms with E-state index in [9.17, 15) is 0 Å². The van der Waals surface area contributed by atoms with Crippen molar-refractivity contribution in [3.05, 3.63) is 17.7 Å². The Bertz CT molecular complexity index is 370. The molecule has 4 heteroatoms. The van der Waals surface area contributed by atoms with Crippen molar-refractivity contribution in [2.45, 2.75) is 25.3 Å². The molecule has 16 heavy (non-hydrogen) atoms. The van der Waals surface area contributed by atoms with Gasteiger partial charge in [0.1, 0.15) is 0 Å². The van der Waals surface area contributed by atoms with Crippen LogP contribution in [0.15, 0.2) is 6.33 Å². The third-order valence-electron chi connectivity index (χ3n) is 3.50. The average Bonchev–Trinajstić information content (AvgIpc) is 3.03. The molecular formula is C12H19N3O. The maximum Gasteiger partial charge on any atom is 0.0949 e.